The molecular formula is C19H30N4O2. The zero-order valence-corrected chi connectivity index (χ0v) is 15.1. The van der Waals surface area contributed by atoms with E-state index in [1.54, 1.807) is 0 Å². The van der Waals surface area contributed by atoms with Gasteiger partial charge in [-0.1, -0.05) is 0 Å². The third kappa shape index (κ3) is 4.84. The van der Waals surface area contributed by atoms with Gasteiger partial charge in [0, 0.05) is 56.7 Å². The zero-order valence-electron chi connectivity index (χ0n) is 15.1. The molecule has 2 atom stereocenters. The Morgan fingerprint density at radius 3 is 2.64 bits per heavy atom. The Hall–Kier alpha value is -1.82. The van der Waals surface area contributed by atoms with E-state index in [-0.39, 0.29) is 18.1 Å². The second kappa shape index (κ2) is 8.52. The molecule has 25 heavy (non-hydrogen) atoms. The van der Waals surface area contributed by atoms with Crippen LogP contribution in [0.15, 0.2) is 24.5 Å². The topological polar surface area (TPSA) is 68.7 Å². The van der Waals surface area contributed by atoms with Crippen molar-refractivity contribution < 1.29 is 9.90 Å². The van der Waals surface area contributed by atoms with E-state index >= 15 is 0 Å². The molecule has 6 nitrogen and oxygen atoms in total. The van der Waals surface area contributed by atoms with Gasteiger partial charge in [-0.2, -0.15) is 0 Å². The van der Waals surface area contributed by atoms with Crippen LogP contribution < -0.4 is 10.2 Å². The lowest BCUT2D eigenvalue weighted by molar-refractivity contribution is 0.129. The van der Waals surface area contributed by atoms with Crippen LogP contribution in [-0.2, 0) is 0 Å². The lowest BCUT2D eigenvalue weighted by Gasteiger charge is -2.33. The molecule has 2 amide bonds. The third-order valence-electron chi connectivity index (χ3n) is 5.67. The summed E-state index contributed by atoms with van der Waals surface area (Å²) in [5, 5.41) is 12.7. The first kappa shape index (κ1) is 18.0. The molecule has 3 rings (SSSR count). The highest BCUT2D eigenvalue weighted by atomic mass is 16.3. The number of aromatic nitrogens is 1. The normalized spacial score (nSPS) is 22.9. The predicted octanol–water partition coefficient (Wildman–Crippen LogP) is 2.10. The quantitative estimate of drug-likeness (QED) is 0.857. The Bertz CT molecular complexity index is 544. The number of aliphatic hydroxyl groups excluding tert-OH is 1. The molecule has 1 aromatic heterocycles. The van der Waals surface area contributed by atoms with Crippen molar-refractivity contribution in [2.75, 3.05) is 37.6 Å². The minimum atomic E-state index is -0.330. The lowest BCUT2D eigenvalue weighted by atomic mass is 9.93. The molecule has 0 saturated carbocycles. The molecule has 0 spiro atoms. The van der Waals surface area contributed by atoms with Crippen molar-refractivity contribution >= 4 is 11.7 Å². The summed E-state index contributed by atoms with van der Waals surface area (Å²) in [5.41, 5.74) is 1.25. The number of hydrogen-bond donors (Lipinski definition) is 2. The number of carbonyl (C=O) groups is 1. The van der Waals surface area contributed by atoms with E-state index in [0.717, 1.165) is 39.0 Å². The Balaban J connectivity index is 1.33. The molecule has 2 aliphatic rings. The van der Waals surface area contributed by atoms with E-state index in [1.165, 1.54) is 18.5 Å². The van der Waals surface area contributed by atoms with Gasteiger partial charge in [-0.15, -0.1) is 0 Å². The Labute approximate surface area is 150 Å². The average molecular weight is 346 g/mol. The highest BCUT2D eigenvalue weighted by Gasteiger charge is 2.29. The number of urea groups is 1. The van der Waals surface area contributed by atoms with Crippen molar-refractivity contribution in [3.05, 3.63) is 24.5 Å². The van der Waals surface area contributed by atoms with Crippen molar-refractivity contribution in [1.29, 1.82) is 0 Å². The van der Waals surface area contributed by atoms with Crippen LogP contribution in [0.5, 0.6) is 0 Å². The highest BCUT2D eigenvalue weighted by molar-refractivity contribution is 5.74. The van der Waals surface area contributed by atoms with E-state index in [1.807, 2.05) is 24.2 Å². The minimum absolute atomic E-state index is 0.0253. The second-order valence-electron chi connectivity index (χ2n) is 7.39. The van der Waals surface area contributed by atoms with Gasteiger partial charge in [0.2, 0.25) is 0 Å². The first-order valence-electron chi connectivity index (χ1n) is 9.49. The van der Waals surface area contributed by atoms with E-state index < -0.39 is 0 Å². The minimum Gasteiger partial charge on any atom is -0.393 e. The van der Waals surface area contributed by atoms with Gasteiger partial charge in [0.1, 0.15) is 0 Å². The van der Waals surface area contributed by atoms with Crippen molar-refractivity contribution in [3.63, 3.8) is 0 Å². The highest BCUT2D eigenvalue weighted by Crippen LogP contribution is 2.24. The van der Waals surface area contributed by atoms with Crippen molar-refractivity contribution in [2.24, 2.45) is 11.8 Å². The molecule has 0 radical (unpaired) electrons. The van der Waals surface area contributed by atoms with Crippen LogP contribution in [0.1, 0.15) is 32.6 Å². The molecule has 2 fully saturated rings. The fourth-order valence-corrected chi connectivity index (χ4v) is 3.90. The van der Waals surface area contributed by atoms with Crippen molar-refractivity contribution in [1.82, 2.24) is 15.2 Å². The molecule has 0 aliphatic carbocycles. The first-order chi connectivity index (χ1) is 12.1. The van der Waals surface area contributed by atoms with Gasteiger partial charge in [-0.3, -0.25) is 4.98 Å². The maximum atomic E-state index is 12.2. The number of hydrogen-bond acceptors (Lipinski definition) is 4. The maximum Gasteiger partial charge on any atom is 0.317 e. The number of anilines is 1. The molecule has 6 heteroatoms. The summed E-state index contributed by atoms with van der Waals surface area (Å²) >= 11 is 0. The molecule has 2 aliphatic heterocycles. The number of nitrogens with zero attached hydrogens (tertiary/aromatic N) is 3. The monoisotopic (exact) mass is 346 g/mol. The smallest absolute Gasteiger partial charge is 0.317 e. The number of rotatable bonds is 5. The van der Waals surface area contributed by atoms with Crippen LogP contribution in [0.4, 0.5) is 10.5 Å². The predicted molar refractivity (Wildman–Crippen MR) is 98.6 cm³/mol. The summed E-state index contributed by atoms with van der Waals surface area (Å²) in [7, 11) is 0. The molecule has 0 aromatic carbocycles. The standard InChI is InChI=1S/C19H30N4O2/c1-15(24)17-7-13-23(14-17)19(25)21-10-2-16-5-11-22(12-6-16)18-3-8-20-9-4-18/h3-4,8-9,15-17,24H,2,5-7,10-14H2,1H3,(H,21,25)/t15-,17-/m1/s1. The Morgan fingerprint density at radius 1 is 1.28 bits per heavy atom. The van der Waals surface area contributed by atoms with Crippen LogP contribution in [0, 0.1) is 11.8 Å². The van der Waals surface area contributed by atoms with E-state index in [2.05, 4.69) is 27.3 Å². The molecule has 2 saturated heterocycles. The SMILES string of the molecule is C[C@@H](O)[C@@H]1CCN(C(=O)NCCC2CCN(c3ccncc3)CC2)C1. The number of pyridine rings is 1. The van der Waals surface area contributed by atoms with Gasteiger partial charge in [0.15, 0.2) is 0 Å². The van der Waals surface area contributed by atoms with Crippen LogP contribution >= 0.6 is 0 Å². The van der Waals surface area contributed by atoms with E-state index in [0.29, 0.717) is 12.5 Å². The van der Waals surface area contributed by atoms with Crippen LogP contribution in [-0.4, -0.2) is 59.8 Å². The molecule has 2 N–H and O–H groups in total. The molecule has 138 valence electrons. The summed E-state index contributed by atoms with van der Waals surface area (Å²) in [6.45, 7) is 6.13. The molecule has 0 bridgehead atoms. The van der Waals surface area contributed by atoms with Gasteiger partial charge in [0.25, 0.3) is 0 Å². The summed E-state index contributed by atoms with van der Waals surface area (Å²) in [4.78, 5) is 20.5. The van der Waals surface area contributed by atoms with Gasteiger partial charge in [0.05, 0.1) is 6.10 Å². The van der Waals surface area contributed by atoms with Gasteiger partial charge >= 0.3 is 6.03 Å². The Kier molecular flexibility index (Phi) is 6.13. The number of likely N-dealkylation sites (tertiary alicyclic amines) is 1. The number of aliphatic hydroxyl groups is 1. The zero-order chi connectivity index (χ0) is 17.6. The third-order valence-corrected chi connectivity index (χ3v) is 5.67. The number of nitrogens with one attached hydrogen (secondary N) is 1. The van der Waals surface area contributed by atoms with Crippen LogP contribution in [0.25, 0.3) is 0 Å². The van der Waals surface area contributed by atoms with Crippen molar-refractivity contribution in [2.45, 2.75) is 38.7 Å². The summed E-state index contributed by atoms with van der Waals surface area (Å²) in [6.07, 6.45) is 7.65. The summed E-state index contributed by atoms with van der Waals surface area (Å²) in [5.74, 6) is 0.908. The molecule has 0 unspecified atom stereocenters. The van der Waals surface area contributed by atoms with Gasteiger partial charge < -0.3 is 20.2 Å². The summed E-state index contributed by atoms with van der Waals surface area (Å²) in [6, 6.07) is 4.16. The van der Waals surface area contributed by atoms with Crippen LogP contribution in [0.2, 0.25) is 0 Å². The van der Waals surface area contributed by atoms with Gasteiger partial charge in [-0.25, -0.2) is 4.79 Å². The fourth-order valence-electron chi connectivity index (χ4n) is 3.90. The lowest BCUT2D eigenvalue weighted by Crippen LogP contribution is -2.40. The number of carbonyl (C=O) groups excluding carboxylic acids is 1. The average Bonchev–Trinajstić information content (AvgIpc) is 3.14. The summed E-state index contributed by atoms with van der Waals surface area (Å²) < 4.78 is 0. The van der Waals surface area contributed by atoms with E-state index in [4.69, 9.17) is 0 Å². The number of amides is 2. The van der Waals surface area contributed by atoms with Crippen LogP contribution in [0.3, 0.4) is 0 Å². The first-order valence-corrected chi connectivity index (χ1v) is 9.49. The van der Waals surface area contributed by atoms with E-state index in [9.17, 15) is 9.90 Å². The second-order valence-corrected chi connectivity index (χ2v) is 7.39. The van der Waals surface area contributed by atoms with Crippen molar-refractivity contribution in [3.8, 4) is 0 Å². The largest absolute Gasteiger partial charge is 0.393 e. The maximum absolute atomic E-state index is 12.2. The fraction of sp³-hybridized carbons (Fsp3) is 0.684. The molecular weight excluding hydrogens is 316 g/mol. The number of piperidine rings is 1. The molecule has 1 aromatic rings. The van der Waals surface area contributed by atoms with Gasteiger partial charge in [-0.05, 0) is 50.7 Å². The molecule has 3 heterocycles. The Morgan fingerprint density at radius 2 is 2.00 bits per heavy atom.